The maximum absolute atomic E-state index is 11.7. The van der Waals surface area contributed by atoms with Crippen molar-refractivity contribution in [3.05, 3.63) is 35.4 Å². The van der Waals surface area contributed by atoms with Crippen molar-refractivity contribution in [2.24, 2.45) is 0 Å². The summed E-state index contributed by atoms with van der Waals surface area (Å²) >= 11 is 0. The van der Waals surface area contributed by atoms with Crippen LogP contribution >= 0.6 is 0 Å². The summed E-state index contributed by atoms with van der Waals surface area (Å²) in [6, 6.07) is 7.99. The Bertz CT molecular complexity index is 459. The van der Waals surface area contributed by atoms with Crippen LogP contribution < -0.4 is 4.72 Å². The van der Waals surface area contributed by atoms with Crippen molar-refractivity contribution in [1.82, 2.24) is 4.72 Å². The first kappa shape index (κ1) is 12.5. The standard InChI is InChI=1S/C12H17NO3S/c14-6-3-7-17(15,16)13-12-8-10-4-1-2-5-11(10)9-12/h1-2,4-5,12-14H,3,6-9H2. The molecule has 1 aromatic carbocycles. The number of rotatable bonds is 5. The number of aliphatic hydroxyl groups is 1. The Hall–Kier alpha value is -0.910. The quantitative estimate of drug-likeness (QED) is 0.803. The number of nitrogens with one attached hydrogen (secondary N) is 1. The molecule has 0 aliphatic heterocycles. The Kier molecular flexibility index (Phi) is 3.81. The van der Waals surface area contributed by atoms with Gasteiger partial charge in [-0.05, 0) is 30.4 Å². The molecule has 0 radical (unpaired) electrons. The summed E-state index contributed by atoms with van der Waals surface area (Å²) in [5.74, 6) is -0.00363. The van der Waals surface area contributed by atoms with Crippen molar-refractivity contribution >= 4 is 10.0 Å². The third-order valence-electron chi connectivity index (χ3n) is 2.97. The number of sulfonamides is 1. The Balaban J connectivity index is 1.96. The van der Waals surface area contributed by atoms with Crippen LogP contribution in [0.2, 0.25) is 0 Å². The largest absolute Gasteiger partial charge is 0.396 e. The van der Waals surface area contributed by atoms with Gasteiger partial charge in [0.15, 0.2) is 0 Å². The molecule has 0 spiro atoms. The van der Waals surface area contributed by atoms with Gasteiger partial charge in [0.25, 0.3) is 0 Å². The van der Waals surface area contributed by atoms with Crippen LogP contribution in [-0.2, 0) is 22.9 Å². The van der Waals surface area contributed by atoms with Crippen molar-refractivity contribution in [1.29, 1.82) is 0 Å². The molecule has 1 aliphatic carbocycles. The SMILES string of the molecule is O=S(=O)(CCCO)NC1Cc2ccccc2C1. The van der Waals surface area contributed by atoms with Crippen LogP contribution in [0.1, 0.15) is 17.5 Å². The Morgan fingerprint density at radius 2 is 1.82 bits per heavy atom. The fourth-order valence-corrected chi connectivity index (χ4v) is 3.51. The monoisotopic (exact) mass is 255 g/mol. The molecule has 5 heteroatoms. The normalized spacial score (nSPS) is 16.1. The molecule has 17 heavy (non-hydrogen) atoms. The first-order chi connectivity index (χ1) is 8.11. The number of hydrogen-bond acceptors (Lipinski definition) is 3. The lowest BCUT2D eigenvalue weighted by atomic mass is 10.1. The van der Waals surface area contributed by atoms with Gasteiger partial charge in [0, 0.05) is 12.6 Å². The smallest absolute Gasteiger partial charge is 0.211 e. The van der Waals surface area contributed by atoms with E-state index in [2.05, 4.69) is 4.72 Å². The summed E-state index contributed by atoms with van der Waals surface area (Å²) in [5, 5.41) is 8.64. The van der Waals surface area contributed by atoms with Crippen LogP contribution in [0.5, 0.6) is 0 Å². The van der Waals surface area contributed by atoms with Crippen molar-refractivity contribution in [2.45, 2.75) is 25.3 Å². The maximum Gasteiger partial charge on any atom is 0.211 e. The summed E-state index contributed by atoms with van der Waals surface area (Å²) in [6.45, 7) is -0.0915. The van der Waals surface area contributed by atoms with Gasteiger partial charge in [-0.3, -0.25) is 0 Å². The maximum atomic E-state index is 11.7. The van der Waals surface area contributed by atoms with E-state index >= 15 is 0 Å². The van der Waals surface area contributed by atoms with Gasteiger partial charge in [0.05, 0.1) is 5.75 Å². The highest BCUT2D eigenvalue weighted by Gasteiger charge is 2.24. The predicted octanol–water partition coefficient (Wildman–Crippen LogP) is 0.456. The number of aliphatic hydroxyl groups excluding tert-OH is 1. The van der Waals surface area contributed by atoms with Crippen LogP contribution in [0, 0.1) is 0 Å². The van der Waals surface area contributed by atoms with Gasteiger partial charge >= 0.3 is 0 Å². The van der Waals surface area contributed by atoms with Gasteiger partial charge in [0.2, 0.25) is 10.0 Å². The summed E-state index contributed by atoms with van der Waals surface area (Å²) in [4.78, 5) is 0. The minimum Gasteiger partial charge on any atom is -0.396 e. The van der Waals surface area contributed by atoms with Gasteiger partial charge in [0.1, 0.15) is 0 Å². The zero-order valence-electron chi connectivity index (χ0n) is 9.59. The molecular formula is C12H17NO3S. The molecule has 94 valence electrons. The topological polar surface area (TPSA) is 66.4 Å². The van der Waals surface area contributed by atoms with E-state index in [-0.39, 0.29) is 24.8 Å². The zero-order chi connectivity index (χ0) is 12.3. The molecule has 1 aliphatic rings. The third-order valence-corrected chi connectivity index (χ3v) is 4.49. The highest BCUT2D eigenvalue weighted by atomic mass is 32.2. The lowest BCUT2D eigenvalue weighted by Crippen LogP contribution is -2.37. The number of benzene rings is 1. The second kappa shape index (κ2) is 5.16. The van der Waals surface area contributed by atoms with E-state index < -0.39 is 10.0 Å². The average molecular weight is 255 g/mol. The molecule has 0 saturated heterocycles. The van der Waals surface area contributed by atoms with Crippen LogP contribution in [0.3, 0.4) is 0 Å². The van der Waals surface area contributed by atoms with Gasteiger partial charge in [-0.25, -0.2) is 13.1 Å². The van der Waals surface area contributed by atoms with E-state index in [1.54, 1.807) is 0 Å². The first-order valence-electron chi connectivity index (χ1n) is 5.78. The molecule has 2 rings (SSSR count). The van der Waals surface area contributed by atoms with Crippen LogP contribution in [0.25, 0.3) is 0 Å². The lowest BCUT2D eigenvalue weighted by Gasteiger charge is -2.11. The molecule has 0 atom stereocenters. The Morgan fingerprint density at radius 3 is 2.35 bits per heavy atom. The van der Waals surface area contributed by atoms with E-state index in [4.69, 9.17) is 5.11 Å². The summed E-state index contributed by atoms with van der Waals surface area (Å²) < 4.78 is 26.0. The van der Waals surface area contributed by atoms with E-state index in [1.165, 1.54) is 11.1 Å². The lowest BCUT2D eigenvalue weighted by molar-refractivity contribution is 0.295. The molecule has 0 amide bonds. The van der Waals surface area contributed by atoms with Gasteiger partial charge in [-0.15, -0.1) is 0 Å². The molecule has 0 unspecified atom stereocenters. The molecule has 0 bridgehead atoms. The van der Waals surface area contributed by atoms with Crippen molar-refractivity contribution in [3.8, 4) is 0 Å². The zero-order valence-corrected chi connectivity index (χ0v) is 10.4. The molecule has 2 N–H and O–H groups in total. The molecule has 1 aromatic rings. The molecule has 0 saturated carbocycles. The number of fused-ring (bicyclic) bond motifs is 1. The minimum absolute atomic E-state index is 0.00363. The number of hydrogen-bond donors (Lipinski definition) is 2. The highest BCUT2D eigenvalue weighted by molar-refractivity contribution is 7.89. The van der Waals surface area contributed by atoms with Crippen molar-refractivity contribution in [3.63, 3.8) is 0 Å². The molecule has 0 heterocycles. The second-order valence-corrected chi connectivity index (χ2v) is 6.26. The molecule has 0 aromatic heterocycles. The second-order valence-electron chi connectivity index (χ2n) is 4.39. The fourth-order valence-electron chi connectivity index (χ4n) is 2.21. The minimum atomic E-state index is -3.25. The van der Waals surface area contributed by atoms with Gasteiger partial charge in [-0.2, -0.15) is 0 Å². The Morgan fingerprint density at radius 1 is 1.24 bits per heavy atom. The first-order valence-corrected chi connectivity index (χ1v) is 7.43. The summed E-state index contributed by atoms with van der Waals surface area (Å²) in [6.07, 6.45) is 1.80. The van der Waals surface area contributed by atoms with Crippen molar-refractivity contribution in [2.75, 3.05) is 12.4 Å². The fraction of sp³-hybridized carbons (Fsp3) is 0.500. The van der Waals surface area contributed by atoms with Gasteiger partial charge < -0.3 is 5.11 Å². The molecular weight excluding hydrogens is 238 g/mol. The average Bonchev–Trinajstić information content (AvgIpc) is 2.67. The summed E-state index contributed by atoms with van der Waals surface area (Å²) in [7, 11) is -3.25. The Labute approximate surface area is 102 Å². The predicted molar refractivity (Wildman–Crippen MR) is 66.3 cm³/mol. The van der Waals surface area contributed by atoms with Crippen LogP contribution in [0.15, 0.2) is 24.3 Å². The van der Waals surface area contributed by atoms with Crippen LogP contribution in [-0.4, -0.2) is 31.9 Å². The van der Waals surface area contributed by atoms with Gasteiger partial charge in [-0.1, -0.05) is 24.3 Å². The van der Waals surface area contributed by atoms with Crippen LogP contribution in [0.4, 0.5) is 0 Å². The molecule has 4 nitrogen and oxygen atoms in total. The van der Waals surface area contributed by atoms with E-state index in [9.17, 15) is 8.42 Å². The summed E-state index contributed by atoms with van der Waals surface area (Å²) in [5.41, 5.74) is 2.45. The molecule has 0 fully saturated rings. The van der Waals surface area contributed by atoms with E-state index in [1.807, 2.05) is 24.3 Å². The third kappa shape index (κ3) is 3.28. The van der Waals surface area contributed by atoms with E-state index in [0.717, 1.165) is 12.8 Å². The highest BCUT2D eigenvalue weighted by Crippen LogP contribution is 2.22. The van der Waals surface area contributed by atoms with E-state index in [0.29, 0.717) is 0 Å². The van der Waals surface area contributed by atoms with Crippen molar-refractivity contribution < 1.29 is 13.5 Å².